The van der Waals surface area contributed by atoms with Gasteiger partial charge in [-0.05, 0) is 35.4 Å². The van der Waals surface area contributed by atoms with Crippen LogP contribution in [-0.2, 0) is 34.0 Å². The Morgan fingerprint density at radius 1 is 0.763 bits per heavy atom. The molecule has 38 heavy (non-hydrogen) atoms. The third kappa shape index (κ3) is 10.9. The van der Waals surface area contributed by atoms with Crippen molar-refractivity contribution in [3.05, 3.63) is 108 Å². The fraction of sp³-hybridized carbons (Fsp3) is 0.375. The Kier molecular flexibility index (Phi) is 12.5. The topological polar surface area (TPSA) is 79.5 Å². The summed E-state index contributed by atoms with van der Waals surface area (Å²) in [6.45, 7) is 6.18. The van der Waals surface area contributed by atoms with Crippen LogP contribution in [0.5, 0.6) is 0 Å². The highest BCUT2D eigenvalue weighted by molar-refractivity contribution is 5.87. The second kappa shape index (κ2) is 16.4. The quantitative estimate of drug-likeness (QED) is 0.251. The molecular formula is C32H41N3O3. The second-order valence-electron chi connectivity index (χ2n) is 9.95. The van der Waals surface area contributed by atoms with E-state index in [-0.39, 0.29) is 23.8 Å². The van der Waals surface area contributed by atoms with Gasteiger partial charge in [-0.1, -0.05) is 105 Å². The van der Waals surface area contributed by atoms with E-state index in [1.54, 1.807) is 0 Å². The van der Waals surface area contributed by atoms with E-state index in [0.29, 0.717) is 32.6 Å². The number of amides is 2. The van der Waals surface area contributed by atoms with Crippen molar-refractivity contribution >= 4 is 11.8 Å². The normalized spacial score (nSPS) is 12.6. The first kappa shape index (κ1) is 29.1. The van der Waals surface area contributed by atoms with Gasteiger partial charge in [0.05, 0.1) is 13.2 Å². The van der Waals surface area contributed by atoms with Gasteiger partial charge in [0, 0.05) is 25.6 Å². The molecule has 0 fully saturated rings. The maximum absolute atomic E-state index is 12.8. The summed E-state index contributed by atoms with van der Waals surface area (Å²) in [6.07, 6.45) is 1.85. The van der Waals surface area contributed by atoms with E-state index in [1.807, 2.05) is 80.6 Å². The minimum absolute atomic E-state index is 0.0126. The van der Waals surface area contributed by atoms with E-state index in [2.05, 4.69) is 40.2 Å². The maximum Gasteiger partial charge on any atom is 0.243 e. The van der Waals surface area contributed by atoms with Crippen molar-refractivity contribution in [2.24, 2.45) is 5.92 Å². The van der Waals surface area contributed by atoms with Crippen LogP contribution in [0.15, 0.2) is 91.0 Å². The molecule has 0 aliphatic heterocycles. The average molecular weight is 516 g/mol. The van der Waals surface area contributed by atoms with E-state index < -0.39 is 6.04 Å². The van der Waals surface area contributed by atoms with Crippen LogP contribution < -0.4 is 16.0 Å². The Hall–Kier alpha value is -3.48. The van der Waals surface area contributed by atoms with Crippen molar-refractivity contribution in [3.8, 4) is 0 Å². The van der Waals surface area contributed by atoms with Gasteiger partial charge in [0.15, 0.2) is 0 Å². The van der Waals surface area contributed by atoms with Crippen molar-refractivity contribution < 1.29 is 14.3 Å². The summed E-state index contributed by atoms with van der Waals surface area (Å²) in [5.74, 6) is -0.277. The number of benzene rings is 3. The van der Waals surface area contributed by atoms with E-state index >= 15 is 0 Å². The zero-order chi connectivity index (χ0) is 27.0. The van der Waals surface area contributed by atoms with E-state index in [0.717, 1.165) is 24.1 Å². The van der Waals surface area contributed by atoms with Crippen molar-refractivity contribution in [2.45, 2.75) is 64.9 Å². The summed E-state index contributed by atoms with van der Waals surface area (Å²) in [5.41, 5.74) is 3.37. The molecule has 3 rings (SSSR count). The summed E-state index contributed by atoms with van der Waals surface area (Å²) in [6, 6.07) is 29.7. The van der Waals surface area contributed by atoms with Crippen LogP contribution in [0, 0.1) is 5.92 Å². The molecule has 6 nitrogen and oxygen atoms in total. The fourth-order valence-electron chi connectivity index (χ4n) is 4.18. The lowest BCUT2D eigenvalue weighted by Gasteiger charge is -2.22. The standard InChI is InChI=1S/C32H41N3O3/c1-25(2)31(32(37)34-22-27-15-8-4-9-16-27)35-30(36)20-12-19-29(33-21-26-13-6-3-7-14-26)24-38-23-28-17-10-5-11-18-28/h3-11,13-18,25,29,31,33H,12,19-24H2,1-2H3,(H,34,37)(H,35,36)/t29-,31?/m1/s1. The highest BCUT2D eigenvalue weighted by atomic mass is 16.5. The molecule has 0 radical (unpaired) electrons. The third-order valence-corrected chi connectivity index (χ3v) is 6.40. The number of carbonyl (C=O) groups is 2. The number of ether oxygens (including phenoxy) is 1. The molecule has 0 spiro atoms. The van der Waals surface area contributed by atoms with Crippen molar-refractivity contribution in [1.82, 2.24) is 16.0 Å². The van der Waals surface area contributed by atoms with Crippen LogP contribution in [0.25, 0.3) is 0 Å². The minimum atomic E-state index is -0.563. The Morgan fingerprint density at radius 3 is 1.89 bits per heavy atom. The first-order chi connectivity index (χ1) is 18.5. The van der Waals surface area contributed by atoms with E-state index in [1.165, 1.54) is 5.56 Å². The van der Waals surface area contributed by atoms with Crippen LogP contribution in [0.1, 0.15) is 49.8 Å². The number of hydrogen-bond acceptors (Lipinski definition) is 4. The minimum Gasteiger partial charge on any atom is -0.375 e. The monoisotopic (exact) mass is 515 g/mol. The summed E-state index contributed by atoms with van der Waals surface area (Å²) in [7, 11) is 0. The van der Waals surface area contributed by atoms with Gasteiger partial charge in [-0.15, -0.1) is 0 Å². The van der Waals surface area contributed by atoms with Crippen LogP contribution in [0.4, 0.5) is 0 Å². The van der Waals surface area contributed by atoms with Crippen molar-refractivity contribution in [1.29, 1.82) is 0 Å². The Bertz CT molecular complexity index is 1070. The number of hydrogen-bond donors (Lipinski definition) is 3. The number of nitrogens with one attached hydrogen (secondary N) is 3. The lowest BCUT2D eigenvalue weighted by molar-refractivity contribution is -0.130. The van der Waals surface area contributed by atoms with E-state index in [4.69, 9.17) is 4.74 Å². The van der Waals surface area contributed by atoms with Crippen LogP contribution >= 0.6 is 0 Å². The summed E-state index contributed by atoms with van der Waals surface area (Å²) in [4.78, 5) is 25.5. The summed E-state index contributed by atoms with van der Waals surface area (Å²) >= 11 is 0. The van der Waals surface area contributed by atoms with Gasteiger partial charge in [0.2, 0.25) is 11.8 Å². The third-order valence-electron chi connectivity index (χ3n) is 6.40. The highest BCUT2D eigenvalue weighted by Crippen LogP contribution is 2.09. The predicted molar refractivity (Wildman–Crippen MR) is 152 cm³/mol. The zero-order valence-electron chi connectivity index (χ0n) is 22.6. The highest BCUT2D eigenvalue weighted by Gasteiger charge is 2.24. The van der Waals surface area contributed by atoms with Crippen LogP contribution in [-0.4, -0.2) is 30.5 Å². The smallest absolute Gasteiger partial charge is 0.243 e. The van der Waals surface area contributed by atoms with Crippen LogP contribution in [0.3, 0.4) is 0 Å². The molecule has 0 aromatic heterocycles. The second-order valence-corrected chi connectivity index (χ2v) is 9.95. The van der Waals surface area contributed by atoms with Gasteiger partial charge < -0.3 is 20.7 Å². The number of carbonyl (C=O) groups excluding carboxylic acids is 2. The Labute approximate surface area is 227 Å². The molecule has 3 aromatic carbocycles. The summed E-state index contributed by atoms with van der Waals surface area (Å²) < 4.78 is 6.00. The molecule has 0 aliphatic carbocycles. The lowest BCUT2D eigenvalue weighted by Crippen LogP contribution is -2.49. The zero-order valence-corrected chi connectivity index (χ0v) is 22.6. The first-order valence-electron chi connectivity index (χ1n) is 13.5. The molecule has 2 amide bonds. The number of rotatable bonds is 16. The average Bonchev–Trinajstić information content (AvgIpc) is 2.94. The molecule has 0 saturated heterocycles. The van der Waals surface area contributed by atoms with Gasteiger partial charge in [-0.3, -0.25) is 9.59 Å². The molecule has 0 bridgehead atoms. The van der Waals surface area contributed by atoms with Crippen molar-refractivity contribution in [3.63, 3.8) is 0 Å². The van der Waals surface area contributed by atoms with Gasteiger partial charge in [0.25, 0.3) is 0 Å². The molecule has 0 aliphatic rings. The molecule has 1 unspecified atom stereocenters. The molecule has 3 aromatic rings. The Balaban J connectivity index is 1.45. The Morgan fingerprint density at radius 2 is 1.32 bits per heavy atom. The summed E-state index contributed by atoms with van der Waals surface area (Å²) in [5, 5.41) is 9.48. The molecule has 0 saturated carbocycles. The lowest BCUT2D eigenvalue weighted by atomic mass is 10.0. The SMILES string of the molecule is CC(C)C(NC(=O)CCC[C@H](COCc1ccccc1)NCc1ccccc1)C(=O)NCc1ccccc1. The van der Waals surface area contributed by atoms with Crippen molar-refractivity contribution in [2.75, 3.05) is 6.61 Å². The molecule has 2 atom stereocenters. The predicted octanol–water partition coefficient (Wildman–Crippen LogP) is 4.99. The van der Waals surface area contributed by atoms with Gasteiger partial charge in [0.1, 0.15) is 6.04 Å². The molecule has 0 heterocycles. The first-order valence-corrected chi connectivity index (χ1v) is 13.5. The fourth-order valence-corrected chi connectivity index (χ4v) is 4.18. The van der Waals surface area contributed by atoms with E-state index in [9.17, 15) is 9.59 Å². The largest absolute Gasteiger partial charge is 0.375 e. The molecular weight excluding hydrogens is 474 g/mol. The molecule has 6 heteroatoms. The van der Waals surface area contributed by atoms with Gasteiger partial charge in [-0.2, -0.15) is 0 Å². The maximum atomic E-state index is 12.8. The molecule has 202 valence electrons. The van der Waals surface area contributed by atoms with Gasteiger partial charge in [-0.25, -0.2) is 0 Å². The van der Waals surface area contributed by atoms with Gasteiger partial charge >= 0.3 is 0 Å². The molecule has 3 N–H and O–H groups in total. The van der Waals surface area contributed by atoms with Crippen LogP contribution in [0.2, 0.25) is 0 Å².